The number of aliphatic hydroxyl groups is 1. The fraction of sp³-hybridized carbons (Fsp3) is 0.636. The Labute approximate surface area is 120 Å². The molecular formula is C11H16ClN3O3S. The zero-order valence-electron chi connectivity index (χ0n) is 10.6. The molecule has 1 atom stereocenters. The molecule has 8 heteroatoms. The van der Waals surface area contributed by atoms with Gasteiger partial charge in [0.2, 0.25) is 5.91 Å². The zero-order chi connectivity index (χ0) is 13.8. The molecular weight excluding hydrogens is 290 g/mol. The van der Waals surface area contributed by atoms with Crippen molar-refractivity contribution in [2.45, 2.75) is 19.6 Å². The molecule has 6 nitrogen and oxygen atoms in total. The Hall–Kier alpha value is -0.890. The summed E-state index contributed by atoms with van der Waals surface area (Å²) in [7, 11) is 0. The first-order valence-electron chi connectivity index (χ1n) is 6.05. The van der Waals surface area contributed by atoms with E-state index in [1.165, 1.54) is 11.3 Å². The van der Waals surface area contributed by atoms with E-state index < -0.39 is 6.04 Å². The summed E-state index contributed by atoms with van der Waals surface area (Å²) in [6, 6.07) is -0.401. The molecule has 1 saturated heterocycles. The number of aromatic nitrogens is 1. The predicted octanol–water partition coefficient (Wildman–Crippen LogP) is 0.630. The van der Waals surface area contributed by atoms with E-state index in [9.17, 15) is 4.79 Å². The van der Waals surface area contributed by atoms with Crippen molar-refractivity contribution >= 4 is 34.0 Å². The van der Waals surface area contributed by atoms with Crippen LogP contribution in [0.15, 0.2) is 0 Å². The van der Waals surface area contributed by atoms with E-state index in [0.717, 1.165) is 0 Å². The van der Waals surface area contributed by atoms with Crippen LogP contribution in [-0.2, 0) is 16.1 Å². The monoisotopic (exact) mass is 305 g/mol. The first-order chi connectivity index (χ1) is 9.17. The lowest BCUT2D eigenvalue weighted by atomic mass is 10.2. The second-order valence-electron chi connectivity index (χ2n) is 4.05. The van der Waals surface area contributed by atoms with Crippen molar-refractivity contribution in [3.05, 3.63) is 10.0 Å². The average Bonchev–Trinajstić information content (AvgIpc) is 2.80. The molecule has 1 aromatic heterocycles. The highest BCUT2D eigenvalue weighted by molar-refractivity contribution is 7.16. The molecule has 0 spiro atoms. The van der Waals surface area contributed by atoms with Gasteiger partial charge in [-0.05, 0) is 6.92 Å². The lowest BCUT2D eigenvalue weighted by Gasteiger charge is -2.34. The number of hydrogen-bond acceptors (Lipinski definition) is 6. The summed E-state index contributed by atoms with van der Waals surface area (Å²) in [6.07, 6.45) is 0. The number of carbonyl (C=O) groups is 1. The van der Waals surface area contributed by atoms with E-state index in [0.29, 0.717) is 41.5 Å². The normalized spacial score (nSPS) is 19.5. The molecule has 0 aliphatic carbocycles. The van der Waals surface area contributed by atoms with Gasteiger partial charge in [-0.25, -0.2) is 4.98 Å². The number of hydrogen-bond donors (Lipinski definition) is 2. The fourth-order valence-electron chi connectivity index (χ4n) is 1.88. The number of thiazole rings is 1. The molecule has 1 amide bonds. The van der Waals surface area contributed by atoms with Gasteiger partial charge in [-0.2, -0.15) is 0 Å². The van der Waals surface area contributed by atoms with Crippen LogP contribution < -0.4 is 10.2 Å². The van der Waals surface area contributed by atoms with Crippen LogP contribution in [0.5, 0.6) is 0 Å². The van der Waals surface area contributed by atoms with Crippen LogP contribution in [0.3, 0.4) is 0 Å². The number of nitrogens with zero attached hydrogens (tertiary/aromatic N) is 2. The Morgan fingerprint density at radius 1 is 1.74 bits per heavy atom. The quantitative estimate of drug-likeness (QED) is 0.853. The summed E-state index contributed by atoms with van der Waals surface area (Å²) in [5.41, 5.74) is 0. The van der Waals surface area contributed by atoms with Gasteiger partial charge in [0.25, 0.3) is 0 Å². The molecule has 2 rings (SSSR count). The first kappa shape index (κ1) is 14.5. The largest absolute Gasteiger partial charge is 0.391 e. The lowest BCUT2D eigenvalue weighted by molar-refractivity contribution is -0.124. The van der Waals surface area contributed by atoms with Gasteiger partial charge in [-0.1, -0.05) is 22.9 Å². The number of halogens is 1. The Morgan fingerprint density at radius 2 is 2.53 bits per heavy atom. The van der Waals surface area contributed by atoms with Crippen LogP contribution in [-0.4, -0.2) is 48.3 Å². The first-order valence-corrected chi connectivity index (χ1v) is 7.25. The van der Waals surface area contributed by atoms with Crippen molar-refractivity contribution < 1.29 is 14.6 Å². The highest BCUT2D eigenvalue weighted by Gasteiger charge is 2.31. The molecule has 2 heterocycles. The third-order valence-electron chi connectivity index (χ3n) is 2.81. The Balaban J connectivity index is 2.20. The molecule has 0 aromatic carbocycles. The van der Waals surface area contributed by atoms with Gasteiger partial charge < -0.3 is 20.1 Å². The van der Waals surface area contributed by atoms with Crippen LogP contribution in [0.2, 0.25) is 5.15 Å². The summed E-state index contributed by atoms with van der Waals surface area (Å²) in [5.74, 6) is -0.0842. The van der Waals surface area contributed by atoms with Gasteiger partial charge in [0, 0.05) is 13.1 Å². The van der Waals surface area contributed by atoms with E-state index in [4.69, 9.17) is 21.4 Å². The molecule has 1 aliphatic heterocycles. The maximum absolute atomic E-state index is 12.0. The van der Waals surface area contributed by atoms with E-state index >= 15 is 0 Å². The van der Waals surface area contributed by atoms with Crippen LogP contribution in [0.1, 0.15) is 11.8 Å². The smallest absolute Gasteiger partial charge is 0.245 e. The minimum Gasteiger partial charge on any atom is -0.391 e. The number of morpholine rings is 1. The summed E-state index contributed by atoms with van der Waals surface area (Å²) in [6.45, 7) is 3.75. The number of ether oxygens (including phenoxy) is 1. The van der Waals surface area contributed by atoms with E-state index in [1.54, 1.807) is 0 Å². The molecule has 2 N–H and O–H groups in total. The van der Waals surface area contributed by atoms with Crippen molar-refractivity contribution in [3.8, 4) is 0 Å². The molecule has 1 aromatic rings. The molecule has 1 unspecified atom stereocenters. The second kappa shape index (κ2) is 6.51. The Kier molecular flexibility index (Phi) is 4.98. The minimum atomic E-state index is -0.401. The van der Waals surface area contributed by atoms with Gasteiger partial charge in [0.1, 0.15) is 11.2 Å². The van der Waals surface area contributed by atoms with Gasteiger partial charge in [-0.3, -0.25) is 4.79 Å². The van der Waals surface area contributed by atoms with Gasteiger partial charge in [0.05, 0.1) is 24.7 Å². The molecule has 0 saturated carbocycles. The average molecular weight is 306 g/mol. The van der Waals surface area contributed by atoms with Crippen molar-refractivity contribution in [1.29, 1.82) is 0 Å². The van der Waals surface area contributed by atoms with Crippen molar-refractivity contribution in [2.75, 3.05) is 31.2 Å². The fourth-order valence-corrected chi connectivity index (χ4v) is 3.08. The number of anilines is 1. The number of amides is 1. The standard InChI is InChI=1S/C11H16ClN3O3S/c1-2-13-10(17)7-6-18-4-3-15(7)11-14-9(12)8(5-16)19-11/h7,16H,2-6H2,1H3,(H,13,17). The van der Waals surface area contributed by atoms with E-state index in [1.807, 2.05) is 11.8 Å². The van der Waals surface area contributed by atoms with Crippen LogP contribution in [0.4, 0.5) is 5.13 Å². The van der Waals surface area contributed by atoms with Crippen LogP contribution in [0.25, 0.3) is 0 Å². The van der Waals surface area contributed by atoms with Gasteiger partial charge >= 0.3 is 0 Å². The number of rotatable bonds is 4. The third kappa shape index (κ3) is 3.17. The molecule has 1 fully saturated rings. The maximum atomic E-state index is 12.0. The summed E-state index contributed by atoms with van der Waals surface area (Å²) in [5, 5.41) is 12.9. The maximum Gasteiger partial charge on any atom is 0.245 e. The minimum absolute atomic E-state index is 0.0842. The number of nitrogens with one attached hydrogen (secondary N) is 1. The number of likely N-dealkylation sites (N-methyl/N-ethyl adjacent to an activating group) is 1. The summed E-state index contributed by atoms with van der Waals surface area (Å²) in [4.78, 5) is 18.7. The lowest BCUT2D eigenvalue weighted by Crippen LogP contribution is -2.54. The van der Waals surface area contributed by atoms with Gasteiger partial charge in [0.15, 0.2) is 5.13 Å². The van der Waals surface area contributed by atoms with Crippen molar-refractivity contribution in [3.63, 3.8) is 0 Å². The van der Waals surface area contributed by atoms with E-state index in [2.05, 4.69) is 10.3 Å². The topological polar surface area (TPSA) is 74.7 Å². The highest BCUT2D eigenvalue weighted by atomic mass is 35.5. The Morgan fingerprint density at radius 3 is 3.16 bits per heavy atom. The SMILES string of the molecule is CCNC(=O)C1COCCN1c1nc(Cl)c(CO)s1. The summed E-state index contributed by atoms with van der Waals surface area (Å²) < 4.78 is 5.36. The number of carbonyl (C=O) groups excluding carboxylic acids is 1. The predicted molar refractivity (Wildman–Crippen MR) is 73.7 cm³/mol. The highest BCUT2D eigenvalue weighted by Crippen LogP contribution is 2.31. The Bertz CT molecular complexity index is 454. The van der Waals surface area contributed by atoms with Gasteiger partial charge in [-0.15, -0.1) is 0 Å². The van der Waals surface area contributed by atoms with Crippen LogP contribution in [0, 0.1) is 0 Å². The van der Waals surface area contributed by atoms with Crippen molar-refractivity contribution in [2.24, 2.45) is 0 Å². The zero-order valence-corrected chi connectivity index (χ0v) is 12.1. The number of aliphatic hydroxyl groups excluding tert-OH is 1. The molecule has 106 valence electrons. The van der Waals surface area contributed by atoms with E-state index in [-0.39, 0.29) is 12.5 Å². The molecule has 0 bridgehead atoms. The van der Waals surface area contributed by atoms with Crippen molar-refractivity contribution in [1.82, 2.24) is 10.3 Å². The summed E-state index contributed by atoms with van der Waals surface area (Å²) >= 11 is 7.24. The molecule has 0 radical (unpaired) electrons. The molecule has 1 aliphatic rings. The second-order valence-corrected chi connectivity index (χ2v) is 5.47. The third-order valence-corrected chi connectivity index (χ3v) is 4.31. The molecule has 19 heavy (non-hydrogen) atoms. The van der Waals surface area contributed by atoms with Crippen LogP contribution >= 0.6 is 22.9 Å².